The first-order valence-corrected chi connectivity index (χ1v) is 3.62. The van der Waals surface area contributed by atoms with Gasteiger partial charge in [0, 0.05) is 11.9 Å². The highest BCUT2D eigenvalue weighted by Gasteiger charge is 1.95. The molecule has 2 nitrogen and oxygen atoms in total. The zero-order valence-electron chi connectivity index (χ0n) is 6.57. The van der Waals surface area contributed by atoms with Gasteiger partial charge in [-0.25, -0.2) is 0 Å². The molecular formula is C8H14N2. The largest absolute Gasteiger partial charge is 0.365 e. The van der Waals surface area contributed by atoms with Crippen molar-refractivity contribution < 1.29 is 0 Å². The Morgan fingerprint density at radius 2 is 2.40 bits per heavy atom. The monoisotopic (exact) mass is 138 g/mol. The molecule has 56 valence electrons. The fraction of sp³-hybridized carbons (Fsp3) is 0.500. The lowest BCUT2D eigenvalue weighted by Gasteiger charge is -1.97. The summed E-state index contributed by atoms with van der Waals surface area (Å²) in [4.78, 5) is 3.15. The molecular weight excluding hydrogens is 124 g/mol. The highest BCUT2D eigenvalue weighted by Crippen LogP contribution is 2.04. The van der Waals surface area contributed by atoms with Crippen molar-refractivity contribution in [2.45, 2.75) is 13.3 Å². The van der Waals surface area contributed by atoms with Crippen LogP contribution in [0.4, 0.5) is 0 Å². The summed E-state index contributed by atoms with van der Waals surface area (Å²) in [5.41, 5.74) is 2.70. The third-order valence-corrected chi connectivity index (χ3v) is 1.71. The maximum Gasteiger partial charge on any atom is 0.0148 e. The van der Waals surface area contributed by atoms with Crippen molar-refractivity contribution in [1.82, 2.24) is 10.3 Å². The molecule has 1 aromatic rings. The minimum atomic E-state index is 1.05. The second-order valence-corrected chi connectivity index (χ2v) is 2.48. The van der Waals surface area contributed by atoms with Gasteiger partial charge in [-0.3, -0.25) is 0 Å². The number of H-pyrrole nitrogens is 1. The average Bonchev–Trinajstić information content (AvgIpc) is 2.31. The van der Waals surface area contributed by atoms with E-state index < -0.39 is 0 Å². The van der Waals surface area contributed by atoms with Crippen molar-refractivity contribution in [2.75, 3.05) is 13.6 Å². The van der Waals surface area contributed by atoms with Gasteiger partial charge in [0.2, 0.25) is 0 Å². The molecule has 0 aliphatic carbocycles. The summed E-state index contributed by atoms with van der Waals surface area (Å²) in [7, 11) is 1.97. The minimum absolute atomic E-state index is 1.05. The molecule has 0 bridgehead atoms. The number of rotatable bonds is 3. The van der Waals surface area contributed by atoms with Crippen LogP contribution in [0.15, 0.2) is 12.3 Å². The number of aryl methyl sites for hydroxylation is 1. The van der Waals surface area contributed by atoms with E-state index in [9.17, 15) is 0 Å². The molecule has 0 spiro atoms. The van der Waals surface area contributed by atoms with Crippen LogP contribution in [0.1, 0.15) is 11.3 Å². The second kappa shape index (κ2) is 3.42. The zero-order chi connectivity index (χ0) is 7.40. The van der Waals surface area contributed by atoms with E-state index in [4.69, 9.17) is 0 Å². The van der Waals surface area contributed by atoms with E-state index >= 15 is 0 Å². The zero-order valence-corrected chi connectivity index (χ0v) is 6.57. The van der Waals surface area contributed by atoms with E-state index in [0.29, 0.717) is 0 Å². The van der Waals surface area contributed by atoms with Gasteiger partial charge in [-0.2, -0.15) is 0 Å². The van der Waals surface area contributed by atoms with Gasteiger partial charge in [-0.15, -0.1) is 0 Å². The third kappa shape index (κ3) is 1.61. The smallest absolute Gasteiger partial charge is 0.0148 e. The first-order chi connectivity index (χ1) is 4.84. The third-order valence-electron chi connectivity index (χ3n) is 1.71. The lowest BCUT2D eigenvalue weighted by atomic mass is 10.2. The van der Waals surface area contributed by atoms with Gasteiger partial charge in [0.05, 0.1) is 0 Å². The van der Waals surface area contributed by atoms with Crippen molar-refractivity contribution in [3.05, 3.63) is 23.5 Å². The summed E-state index contributed by atoms with van der Waals surface area (Å²) in [6.07, 6.45) is 3.10. The summed E-state index contributed by atoms with van der Waals surface area (Å²) in [6.45, 7) is 3.16. The molecule has 0 aromatic carbocycles. The van der Waals surface area contributed by atoms with Crippen LogP contribution in [-0.4, -0.2) is 18.6 Å². The molecule has 0 fully saturated rings. The summed E-state index contributed by atoms with van der Waals surface area (Å²) >= 11 is 0. The summed E-state index contributed by atoms with van der Waals surface area (Å²) in [5, 5.41) is 3.12. The molecule has 0 radical (unpaired) electrons. The summed E-state index contributed by atoms with van der Waals surface area (Å²) < 4.78 is 0. The van der Waals surface area contributed by atoms with Crippen molar-refractivity contribution >= 4 is 0 Å². The molecule has 0 aliphatic rings. The van der Waals surface area contributed by atoms with Gasteiger partial charge < -0.3 is 10.3 Å². The number of aromatic nitrogens is 1. The molecule has 2 heteroatoms. The molecule has 1 heterocycles. The van der Waals surface area contributed by atoms with E-state index in [0.717, 1.165) is 13.0 Å². The minimum Gasteiger partial charge on any atom is -0.365 e. The number of nitrogens with one attached hydrogen (secondary N) is 2. The van der Waals surface area contributed by atoms with Crippen LogP contribution >= 0.6 is 0 Å². The van der Waals surface area contributed by atoms with Crippen molar-refractivity contribution in [1.29, 1.82) is 0 Å². The molecule has 0 saturated heterocycles. The van der Waals surface area contributed by atoms with Gasteiger partial charge in [-0.05, 0) is 38.6 Å². The van der Waals surface area contributed by atoms with E-state index in [1.807, 2.05) is 13.2 Å². The molecule has 0 amide bonds. The highest BCUT2D eigenvalue weighted by atomic mass is 14.8. The Balaban J connectivity index is 2.49. The van der Waals surface area contributed by atoms with E-state index in [2.05, 4.69) is 23.3 Å². The van der Waals surface area contributed by atoms with Gasteiger partial charge in [-0.1, -0.05) is 0 Å². The topological polar surface area (TPSA) is 27.8 Å². The van der Waals surface area contributed by atoms with Gasteiger partial charge in [0.15, 0.2) is 0 Å². The molecule has 2 N–H and O–H groups in total. The number of likely N-dealkylation sites (N-methyl/N-ethyl adjacent to an activating group) is 1. The predicted octanol–water partition coefficient (Wildman–Crippen LogP) is 1.09. The number of hydrogen-bond acceptors (Lipinski definition) is 1. The standard InChI is InChI=1S/C8H14N2/c1-7-8(3-5-9-2)4-6-10-7/h4,6,9-10H,3,5H2,1-2H3. The molecule has 10 heavy (non-hydrogen) atoms. The van der Waals surface area contributed by atoms with Gasteiger partial charge in [0.1, 0.15) is 0 Å². The van der Waals surface area contributed by atoms with E-state index in [-0.39, 0.29) is 0 Å². The highest BCUT2D eigenvalue weighted by molar-refractivity contribution is 5.18. The average molecular weight is 138 g/mol. The lowest BCUT2D eigenvalue weighted by Crippen LogP contribution is -2.10. The Labute approximate surface area is 61.7 Å². The Kier molecular flexibility index (Phi) is 2.51. The van der Waals surface area contributed by atoms with Crippen LogP contribution in [0.25, 0.3) is 0 Å². The molecule has 0 saturated carbocycles. The number of aromatic amines is 1. The maximum atomic E-state index is 3.15. The summed E-state index contributed by atoms with van der Waals surface area (Å²) in [5.74, 6) is 0. The first-order valence-electron chi connectivity index (χ1n) is 3.62. The Morgan fingerprint density at radius 3 is 2.90 bits per heavy atom. The van der Waals surface area contributed by atoms with Crippen molar-refractivity contribution in [3.63, 3.8) is 0 Å². The van der Waals surface area contributed by atoms with Crippen LogP contribution in [0.5, 0.6) is 0 Å². The van der Waals surface area contributed by atoms with Crippen molar-refractivity contribution in [3.8, 4) is 0 Å². The fourth-order valence-corrected chi connectivity index (χ4v) is 1.02. The van der Waals surface area contributed by atoms with Gasteiger partial charge >= 0.3 is 0 Å². The SMILES string of the molecule is CNCCc1cc[nH]c1C. The second-order valence-electron chi connectivity index (χ2n) is 2.48. The summed E-state index contributed by atoms with van der Waals surface area (Å²) in [6, 6.07) is 2.13. The molecule has 0 unspecified atom stereocenters. The molecule has 1 rings (SSSR count). The van der Waals surface area contributed by atoms with Crippen LogP contribution < -0.4 is 5.32 Å². The van der Waals surface area contributed by atoms with Crippen LogP contribution in [-0.2, 0) is 6.42 Å². The van der Waals surface area contributed by atoms with Crippen LogP contribution in [0.3, 0.4) is 0 Å². The Morgan fingerprint density at radius 1 is 1.60 bits per heavy atom. The predicted molar refractivity (Wildman–Crippen MR) is 43.2 cm³/mol. The molecule has 0 aliphatic heterocycles. The Hall–Kier alpha value is -0.760. The van der Waals surface area contributed by atoms with Crippen LogP contribution in [0, 0.1) is 6.92 Å². The Bertz CT molecular complexity index is 191. The lowest BCUT2D eigenvalue weighted by molar-refractivity contribution is 0.789. The first kappa shape index (κ1) is 7.35. The fourth-order valence-electron chi connectivity index (χ4n) is 1.02. The van der Waals surface area contributed by atoms with E-state index in [1.165, 1.54) is 11.3 Å². The van der Waals surface area contributed by atoms with E-state index in [1.54, 1.807) is 0 Å². The normalized spacial score (nSPS) is 10.2. The molecule has 0 atom stereocenters. The van der Waals surface area contributed by atoms with Crippen molar-refractivity contribution in [2.24, 2.45) is 0 Å². The van der Waals surface area contributed by atoms with Gasteiger partial charge in [0.25, 0.3) is 0 Å². The quantitative estimate of drug-likeness (QED) is 0.642. The maximum absolute atomic E-state index is 3.15. The molecule has 1 aromatic heterocycles. The van der Waals surface area contributed by atoms with Crippen LogP contribution in [0.2, 0.25) is 0 Å². The number of hydrogen-bond donors (Lipinski definition) is 2.